The molecule has 1 aliphatic rings. The molecule has 2 aromatic rings. The maximum Gasteiger partial charge on any atom is 0.265 e. The molecule has 7 heteroatoms. The summed E-state index contributed by atoms with van der Waals surface area (Å²) in [6, 6.07) is 9.45. The number of nitrogens with one attached hydrogen (secondary N) is 1. The van der Waals surface area contributed by atoms with Crippen LogP contribution in [-0.2, 0) is 9.59 Å². The highest BCUT2D eigenvalue weighted by Gasteiger charge is 2.32. The van der Waals surface area contributed by atoms with Gasteiger partial charge >= 0.3 is 0 Å². The molecule has 0 atom stereocenters. The maximum atomic E-state index is 12.6. The molecule has 2 amide bonds. The summed E-state index contributed by atoms with van der Waals surface area (Å²) in [5, 5.41) is 3.38. The standard InChI is InChI=1S/C19H18ClN3O2S/c1-4-22-18(25)16(17(24)21-19(22)26)10-13-9-11(2)23(12(13)3)15-7-5-14(20)6-8-15/h5-10H,4H2,1-3H3,(H,21,24,26)/b16-10-. The summed E-state index contributed by atoms with van der Waals surface area (Å²) in [7, 11) is 0. The van der Waals surface area contributed by atoms with Gasteiger partial charge in [0.2, 0.25) is 0 Å². The number of thiocarbonyl (C=S) groups is 1. The Bertz CT molecular complexity index is 944. The van der Waals surface area contributed by atoms with Crippen molar-refractivity contribution in [2.45, 2.75) is 20.8 Å². The second kappa shape index (κ2) is 7.05. The van der Waals surface area contributed by atoms with E-state index in [1.807, 2.05) is 51.1 Å². The first kappa shape index (κ1) is 18.4. The predicted molar refractivity (Wildman–Crippen MR) is 106 cm³/mol. The Morgan fingerprint density at radius 2 is 1.85 bits per heavy atom. The minimum atomic E-state index is -0.471. The Morgan fingerprint density at radius 1 is 1.19 bits per heavy atom. The van der Waals surface area contributed by atoms with E-state index in [2.05, 4.69) is 9.88 Å². The third kappa shape index (κ3) is 3.18. The quantitative estimate of drug-likeness (QED) is 0.499. The van der Waals surface area contributed by atoms with Gasteiger partial charge in [0.05, 0.1) is 0 Å². The van der Waals surface area contributed by atoms with E-state index >= 15 is 0 Å². The lowest BCUT2D eigenvalue weighted by atomic mass is 10.1. The lowest BCUT2D eigenvalue weighted by molar-refractivity contribution is -0.128. The van der Waals surface area contributed by atoms with Crippen molar-refractivity contribution in [3.63, 3.8) is 0 Å². The van der Waals surface area contributed by atoms with Crippen LogP contribution in [-0.4, -0.2) is 32.9 Å². The van der Waals surface area contributed by atoms with Crippen molar-refractivity contribution in [2.24, 2.45) is 0 Å². The van der Waals surface area contributed by atoms with E-state index in [0.29, 0.717) is 11.6 Å². The molecule has 0 radical (unpaired) electrons. The van der Waals surface area contributed by atoms with Gasteiger partial charge in [0, 0.05) is 28.6 Å². The molecule has 0 unspecified atom stereocenters. The van der Waals surface area contributed by atoms with E-state index < -0.39 is 5.91 Å². The molecule has 1 fully saturated rings. The number of aromatic nitrogens is 1. The first-order valence-corrected chi connectivity index (χ1v) is 8.96. The van der Waals surface area contributed by atoms with Gasteiger partial charge in [-0.2, -0.15) is 0 Å². The number of benzene rings is 1. The minimum absolute atomic E-state index is 0.0804. The Kier molecular flexibility index (Phi) is 4.98. The molecule has 0 spiro atoms. The smallest absolute Gasteiger partial charge is 0.265 e. The number of hydrogen-bond donors (Lipinski definition) is 1. The van der Waals surface area contributed by atoms with E-state index in [1.54, 1.807) is 6.08 Å². The first-order chi connectivity index (χ1) is 12.3. The molecule has 1 saturated heterocycles. The Labute approximate surface area is 162 Å². The van der Waals surface area contributed by atoms with E-state index in [-0.39, 0.29) is 16.6 Å². The number of carbonyl (C=O) groups excluding carboxylic acids is 2. The van der Waals surface area contributed by atoms with Crippen molar-refractivity contribution in [3.8, 4) is 5.69 Å². The van der Waals surface area contributed by atoms with Crippen LogP contribution >= 0.6 is 23.8 Å². The summed E-state index contributed by atoms with van der Waals surface area (Å²) >= 11 is 11.0. The van der Waals surface area contributed by atoms with Crippen LogP contribution in [0.5, 0.6) is 0 Å². The van der Waals surface area contributed by atoms with Crippen molar-refractivity contribution in [2.75, 3.05) is 6.54 Å². The lowest BCUT2D eigenvalue weighted by Gasteiger charge is -2.27. The highest BCUT2D eigenvalue weighted by atomic mass is 35.5. The fourth-order valence-electron chi connectivity index (χ4n) is 3.06. The minimum Gasteiger partial charge on any atom is -0.318 e. The first-order valence-electron chi connectivity index (χ1n) is 8.17. The maximum absolute atomic E-state index is 12.6. The van der Waals surface area contributed by atoms with Crippen molar-refractivity contribution in [1.29, 1.82) is 0 Å². The molecule has 1 N–H and O–H groups in total. The molecule has 1 aromatic heterocycles. The molecule has 0 saturated carbocycles. The van der Waals surface area contributed by atoms with Crippen LogP contribution in [0.25, 0.3) is 11.8 Å². The average molecular weight is 388 g/mol. The van der Waals surface area contributed by atoms with Gasteiger partial charge in [0.1, 0.15) is 5.57 Å². The number of rotatable bonds is 3. The normalized spacial score (nSPS) is 16.4. The zero-order valence-corrected chi connectivity index (χ0v) is 16.2. The zero-order valence-electron chi connectivity index (χ0n) is 14.7. The summed E-state index contributed by atoms with van der Waals surface area (Å²) in [6.07, 6.45) is 1.62. The van der Waals surface area contributed by atoms with Crippen molar-refractivity contribution < 1.29 is 9.59 Å². The summed E-state index contributed by atoms with van der Waals surface area (Å²) < 4.78 is 2.05. The Morgan fingerprint density at radius 3 is 2.46 bits per heavy atom. The van der Waals surface area contributed by atoms with Crippen LogP contribution in [0, 0.1) is 13.8 Å². The SMILES string of the molecule is CCN1C(=O)/C(=C\c2cc(C)n(-c3ccc(Cl)cc3)c2C)C(=O)NC1=S. The largest absolute Gasteiger partial charge is 0.318 e. The predicted octanol–water partition coefficient (Wildman–Crippen LogP) is 3.39. The number of nitrogens with zero attached hydrogens (tertiary/aromatic N) is 2. The molecule has 26 heavy (non-hydrogen) atoms. The third-order valence-electron chi connectivity index (χ3n) is 4.36. The summed E-state index contributed by atoms with van der Waals surface area (Å²) in [6.45, 7) is 6.13. The van der Waals surface area contributed by atoms with Crippen molar-refractivity contribution >= 4 is 46.8 Å². The molecular weight excluding hydrogens is 370 g/mol. The fourth-order valence-corrected chi connectivity index (χ4v) is 3.49. The van der Waals surface area contributed by atoms with Gasteiger partial charge in [-0.05, 0) is 75.0 Å². The van der Waals surface area contributed by atoms with E-state index in [9.17, 15) is 9.59 Å². The highest BCUT2D eigenvalue weighted by molar-refractivity contribution is 7.80. The van der Waals surface area contributed by atoms with Gasteiger partial charge in [-0.15, -0.1) is 0 Å². The van der Waals surface area contributed by atoms with Crippen LogP contribution in [0.3, 0.4) is 0 Å². The third-order valence-corrected chi connectivity index (χ3v) is 4.93. The molecule has 0 bridgehead atoms. The monoisotopic (exact) mass is 387 g/mol. The number of amides is 2. The Balaban J connectivity index is 2.05. The van der Waals surface area contributed by atoms with Crippen LogP contribution < -0.4 is 5.32 Å². The summed E-state index contributed by atoms with van der Waals surface area (Å²) in [5.74, 6) is -0.849. The molecule has 134 valence electrons. The number of likely N-dealkylation sites (N-methyl/N-ethyl adjacent to an activating group) is 1. The summed E-state index contributed by atoms with van der Waals surface area (Å²) in [4.78, 5) is 26.2. The van der Waals surface area contributed by atoms with Crippen LogP contribution in [0.15, 0.2) is 35.9 Å². The van der Waals surface area contributed by atoms with Crippen LogP contribution in [0.2, 0.25) is 5.02 Å². The fraction of sp³-hybridized carbons (Fsp3) is 0.211. The molecule has 1 aliphatic heterocycles. The second-order valence-corrected chi connectivity index (χ2v) is 6.83. The van der Waals surface area contributed by atoms with Crippen molar-refractivity contribution in [3.05, 3.63) is 57.9 Å². The van der Waals surface area contributed by atoms with Gasteiger partial charge in [0.15, 0.2) is 5.11 Å². The Hall–Kier alpha value is -2.44. The van der Waals surface area contributed by atoms with Gasteiger partial charge in [0.25, 0.3) is 11.8 Å². The van der Waals surface area contributed by atoms with E-state index in [1.165, 1.54) is 4.90 Å². The molecule has 5 nitrogen and oxygen atoms in total. The van der Waals surface area contributed by atoms with Crippen LogP contribution in [0.4, 0.5) is 0 Å². The molecule has 1 aromatic carbocycles. The molecule has 0 aliphatic carbocycles. The van der Waals surface area contributed by atoms with Gasteiger partial charge in [-0.1, -0.05) is 11.6 Å². The van der Waals surface area contributed by atoms with Gasteiger partial charge in [-0.3, -0.25) is 19.8 Å². The topological polar surface area (TPSA) is 54.3 Å². The zero-order chi connectivity index (χ0) is 19.0. The number of halogens is 1. The second-order valence-electron chi connectivity index (χ2n) is 6.00. The van der Waals surface area contributed by atoms with E-state index in [4.69, 9.17) is 23.8 Å². The summed E-state index contributed by atoms with van der Waals surface area (Å²) in [5.41, 5.74) is 3.76. The molecular formula is C19H18ClN3O2S. The van der Waals surface area contributed by atoms with Crippen molar-refractivity contribution in [1.82, 2.24) is 14.8 Å². The van der Waals surface area contributed by atoms with Crippen LogP contribution in [0.1, 0.15) is 23.9 Å². The highest BCUT2D eigenvalue weighted by Crippen LogP contribution is 2.25. The molecule has 3 rings (SSSR count). The molecule has 2 heterocycles. The van der Waals surface area contributed by atoms with Gasteiger partial charge < -0.3 is 4.57 Å². The average Bonchev–Trinajstić information content (AvgIpc) is 2.86. The lowest BCUT2D eigenvalue weighted by Crippen LogP contribution is -2.53. The number of aryl methyl sites for hydroxylation is 1. The van der Waals surface area contributed by atoms with Gasteiger partial charge in [-0.25, -0.2) is 0 Å². The number of carbonyl (C=O) groups is 2. The van der Waals surface area contributed by atoms with E-state index in [0.717, 1.165) is 22.6 Å². The number of hydrogen-bond acceptors (Lipinski definition) is 3.